The van der Waals surface area contributed by atoms with Gasteiger partial charge in [-0.15, -0.1) is 0 Å². The van der Waals surface area contributed by atoms with Crippen molar-refractivity contribution in [2.24, 2.45) is 17.8 Å². The summed E-state index contributed by atoms with van der Waals surface area (Å²) >= 11 is 0. The third kappa shape index (κ3) is 5.53. The minimum atomic E-state index is -4.37. The van der Waals surface area contributed by atoms with Crippen molar-refractivity contribution >= 4 is 17.6 Å². The highest BCUT2D eigenvalue weighted by Crippen LogP contribution is 2.45. The topological polar surface area (TPSA) is 120 Å². The number of aromatic carboxylic acids is 1. The second kappa shape index (κ2) is 10.5. The summed E-state index contributed by atoms with van der Waals surface area (Å²) in [5, 5.41) is 29.0. The molecule has 2 saturated heterocycles. The lowest BCUT2D eigenvalue weighted by atomic mass is 9.74. The number of halogens is 3. The fourth-order valence-electron chi connectivity index (χ4n) is 6.55. The summed E-state index contributed by atoms with van der Waals surface area (Å²) in [6.07, 6.45) is 1.46. The van der Waals surface area contributed by atoms with E-state index >= 15 is 0 Å². The Morgan fingerprint density at radius 3 is 2.34 bits per heavy atom. The number of carboxylic acid groups (broad SMARTS) is 1. The van der Waals surface area contributed by atoms with E-state index in [1.54, 1.807) is 6.92 Å². The van der Waals surface area contributed by atoms with E-state index in [4.69, 9.17) is 10.1 Å². The van der Waals surface area contributed by atoms with Gasteiger partial charge in [0.25, 0.3) is 0 Å². The fourth-order valence-corrected chi connectivity index (χ4v) is 6.55. The molecule has 0 spiro atoms. The van der Waals surface area contributed by atoms with Crippen LogP contribution in [0.1, 0.15) is 80.4 Å². The van der Waals surface area contributed by atoms with Crippen molar-refractivity contribution in [3.8, 4) is 0 Å². The van der Waals surface area contributed by atoms with Gasteiger partial charge < -0.3 is 25.3 Å². The molecule has 208 valence electrons. The summed E-state index contributed by atoms with van der Waals surface area (Å²) in [4.78, 5) is 22.3. The van der Waals surface area contributed by atoms with Crippen molar-refractivity contribution in [1.29, 1.82) is 5.41 Å². The van der Waals surface area contributed by atoms with E-state index in [1.807, 2.05) is 0 Å². The third-order valence-electron chi connectivity index (χ3n) is 8.60. The summed E-state index contributed by atoms with van der Waals surface area (Å²) in [5.41, 5.74) is 0.644. The molecule has 0 amide bonds. The molecule has 1 aromatic heterocycles. The van der Waals surface area contributed by atoms with Crippen molar-refractivity contribution in [1.82, 2.24) is 9.97 Å². The molecular weight excluding hydrogens is 501 g/mol. The molecule has 1 aromatic rings. The van der Waals surface area contributed by atoms with Crippen molar-refractivity contribution in [3.63, 3.8) is 0 Å². The number of anilines is 1. The van der Waals surface area contributed by atoms with Gasteiger partial charge in [0.05, 0.1) is 18.6 Å². The number of aromatic nitrogens is 2. The van der Waals surface area contributed by atoms with Crippen LogP contribution in [0.3, 0.4) is 0 Å². The van der Waals surface area contributed by atoms with Gasteiger partial charge in [-0.1, -0.05) is 12.8 Å². The number of nitrogens with zero attached hydrogens (tertiary/aromatic N) is 3. The molecule has 8 nitrogen and oxygen atoms in total. The van der Waals surface area contributed by atoms with E-state index in [1.165, 1.54) is 6.07 Å². The average Bonchev–Trinajstić information content (AvgIpc) is 3.68. The molecular formula is C27H35F3N4O4. The highest BCUT2D eigenvalue weighted by molar-refractivity contribution is 6.00. The van der Waals surface area contributed by atoms with Crippen LogP contribution in [0.4, 0.5) is 19.1 Å². The van der Waals surface area contributed by atoms with E-state index in [-0.39, 0.29) is 59.9 Å². The Morgan fingerprint density at radius 1 is 1.08 bits per heavy atom. The third-order valence-corrected chi connectivity index (χ3v) is 8.60. The molecule has 4 fully saturated rings. The number of carbonyl (C=O) groups is 1. The first-order valence-electron chi connectivity index (χ1n) is 13.6. The van der Waals surface area contributed by atoms with Crippen molar-refractivity contribution in [2.45, 2.75) is 95.5 Å². The number of fused-ring (bicyclic) bond motifs is 2. The Balaban J connectivity index is 1.29. The van der Waals surface area contributed by atoms with Gasteiger partial charge in [-0.2, -0.15) is 13.2 Å². The molecule has 3 N–H and O–H groups in total. The molecule has 0 aromatic carbocycles. The Morgan fingerprint density at radius 2 is 1.74 bits per heavy atom. The maximum atomic E-state index is 13.8. The number of alkyl halides is 3. The monoisotopic (exact) mass is 536 g/mol. The smallest absolute Gasteiger partial charge is 0.392 e. The first-order valence-corrected chi connectivity index (χ1v) is 13.6. The average molecular weight is 537 g/mol. The Bertz CT molecular complexity index is 1110. The molecule has 2 aliphatic carbocycles. The van der Waals surface area contributed by atoms with Crippen LogP contribution in [0.2, 0.25) is 0 Å². The number of nitrogens with one attached hydrogen (secondary N) is 1. The van der Waals surface area contributed by atoms with Gasteiger partial charge in [0.1, 0.15) is 5.76 Å². The van der Waals surface area contributed by atoms with Gasteiger partial charge in [0.15, 0.2) is 5.69 Å². The van der Waals surface area contributed by atoms with Gasteiger partial charge in [-0.3, -0.25) is 0 Å². The van der Waals surface area contributed by atoms with Crippen LogP contribution in [0.5, 0.6) is 0 Å². The largest absolute Gasteiger partial charge is 0.512 e. The number of allylic oxidation sites excluding steroid dienone is 1. The van der Waals surface area contributed by atoms with E-state index in [0.29, 0.717) is 43.7 Å². The van der Waals surface area contributed by atoms with Gasteiger partial charge >= 0.3 is 12.1 Å². The van der Waals surface area contributed by atoms with Crippen molar-refractivity contribution < 1.29 is 32.9 Å². The predicted octanol–water partition coefficient (Wildman–Crippen LogP) is 5.61. The van der Waals surface area contributed by atoms with Gasteiger partial charge in [0.2, 0.25) is 5.95 Å². The number of hydrogen-bond donors (Lipinski definition) is 3. The number of aliphatic hydroxyl groups is 1. The Kier molecular flexibility index (Phi) is 7.41. The molecule has 5 atom stereocenters. The molecule has 3 heterocycles. The molecule has 2 saturated carbocycles. The lowest BCUT2D eigenvalue weighted by molar-refractivity contribution is -0.189. The molecule has 2 aliphatic heterocycles. The predicted molar refractivity (Wildman–Crippen MR) is 134 cm³/mol. The minimum Gasteiger partial charge on any atom is -0.512 e. The molecule has 38 heavy (non-hydrogen) atoms. The molecule has 4 aliphatic rings. The van der Waals surface area contributed by atoms with Gasteiger partial charge in [0, 0.05) is 40.9 Å². The zero-order valence-electron chi connectivity index (χ0n) is 21.5. The van der Waals surface area contributed by atoms with Crippen molar-refractivity contribution in [3.05, 3.63) is 28.8 Å². The molecule has 11 heteroatoms. The number of carboxylic acids is 1. The fraction of sp³-hybridized carbons (Fsp3) is 0.704. The van der Waals surface area contributed by atoms with Crippen LogP contribution < -0.4 is 4.90 Å². The highest BCUT2D eigenvalue weighted by Gasteiger charge is 2.48. The highest BCUT2D eigenvalue weighted by atomic mass is 19.4. The quantitative estimate of drug-likeness (QED) is 0.292. The zero-order valence-corrected chi connectivity index (χ0v) is 21.5. The second-order valence-corrected chi connectivity index (χ2v) is 11.3. The lowest BCUT2D eigenvalue weighted by Gasteiger charge is -2.39. The SMILES string of the molecule is Cc1cc(C(=O)O)nc(N2C3CC[C@H]2CC(OC/C(C(=N)C2CCCCC2C(F)(F)F)=C(/O)C2CC2)C3)n1. The number of aliphatic hydroxyl groups excluding tert-OH is 1. The Hall–Kier alpha value is -2.69. The number of hydrogen-bond acceptors (Lipinski definition) is 7. The summed E-state index contributed by atoms with van der Waals surface area (Å²) in [6, 6.07) is 1.55. The minimum absolute atomic E-state index is 0.0152. The first-order chi connectivity index (χ1) is 18.0. The first kappa shape index (κ1) is 26.9. The maximum Gasteiger partial charge on any atom is 0.392 e. The molecule has 2 bridgehead atoms. The maximum absolute atomic E-state index is 13.8. The number of rotatable bonds is 8. The van der Waals surface area contributed by atoms with E-state index in [9.17, 15) is 28.2 Å². The van der Waals surface area contributed by atoms with Crippen LogP contribution in [0.15, 0.2) is 17.4 Å². The Labute approximate surface area is 219 Å². The zero-order chi connectivity index (χ0) is 27.2. The van der Waals surface area contributed by atoms with Crippen molar-refractivity contribution in [2.75, 3.05) is 11.5 Å². The van der Waals surface area contributed by atoms with Crippen LogP contribution in [0.25, 0.3) is 0 Å². The van der Waals surface area contributed by atoms with Gasteiger partial charge in [-0.25, -0.2) is 14.8 Å². The molecule has 4 unspecified atom stereocenters. The van der Waals surface area contributed by atoms with E-state index < -0.39 is 24.0 Å². The standard InChI is InChI=1S/C27H35F3N4O4/c1-14-10-22(25(36)37)33-26(32-14)34-16-8-9-17(34)12-18(11-16)38-13-20(24(35)15-6-7-15)23(31)19-4-2-3-5-21(19)27(28,29)30/h10,15-19,21,31,35H,2-9,11-13H2,1H3,(H,36,37)/b24-20-,31-23?/t16-,17?,18?,19?,21?/m0/s1. The lowest BCUT2D eigenvalue weighted by Crippen LogP contribution is -2.47. The van der Waals surface area contributed by atoms with Gasteiger partial charge in [-0.05, 0) is 64.4 Å². The van der Waals surface area contributed by atoms with Crippen LogP contribution in [0, 0.1) is 30.1 Å². The molecule has 5 rings (SSSR count). The molecule has 0 radical (unpaired) electrons. The second-order valence-electron chi connectivity index (χ2n) is 11.3. The van der Waals surface area contributed by atoms with E-state index in [2.05, 4.69) is 14.9 Å². The normalized spacial score (nSPS) is 30.2. The summed E-state index contributed by atoms with van der Waals surface area (Å²) in [7, 11) is 0. The van der Waals surface area contributed by atoms with E-state index in [0.717, 1.165) is 25.7 Å². The van der Waals surface area contributed by atoms with Crippen LogP contribution >= 0.6 is 0 Å². The number of piperidine rings is 1. The summed E-state index contributed by atoms with van der Waals surface area (Å²) in [5.74, 6) is -3.29. The summed E-state index contributed by atoms with van der Waals surface area (Å²) in [6.45, 7) is 1.66. The van der Waals surface area contributed by atoms with Crippen LogP contribution in [-0.4, -0.2) is 62.8 Å². The van der Waals surface area contributed by atoms with Crippen LogP contribution in [-0.2, 0) is 4.74 Å². The number of ether oxygens (including phenoxy) is 1. The summed E-state index contributed by atoms with van der Waals surface area (Å²) < 4.78 is 47.5. The number of aryl methyl sites for hydroxylation is 1.